The normalized spacial score (nSPS) is 12.4. The Morgan fingerprint density at radius 1 is 1.31 bits per heavy atom. The van der Waals surface area contributed by atoms with Gasteiger partial charge in [0.1, 0.15) is 5.75 Å². The van der Waals surface area contributed by atoms with Crippen molar-refractivity contribution in [1.82, 2.24) is 0 Å². The second-order valence-corrected chi connectivity index (χ2v) is 4.87. The lowest BCUT2D eigenvalue weighted by Crippen LogP contribution is -2.10. The first-order valence-electron chi connectivity index (χ1n) is 5.53. The van der Waals surface area contributed by atoms with Gasteiger partial charge in [0.15, 0.2) is 0 Å². The summed E-state index contributed by atoms with van der Waals surface area (Å²) < 4.78 is 5.11. The number of rotatable bonds is 7. The van der Waals surface area contributed by atoms with Gasteiger partial charge >= 0.3 is 0 Å². The Hall–Kier alpha value is -0.670. The Bertz CT molecular complexity index is 284. The molecule has 0 aliphatic carbocycles. The highest BCUT2D eigenvalue weighted by Crippen LogP contribution is 2.17. The van der Waals surface area contributed by atoms with Gasteiger partial charge in [0, 0.05) is 6.61 Å². The third-order valence-electron chi connectivity index (χ3n) is 2.67. The Morgan fingerprint density at radius 3 is 2.50 bits per heavy atom. The van der Waals surface area contributed by atoms with Crippen LogP contribution in [-0.4, -0.2) is 30.8 Å². The van der Waals surface area contributed by atoms with Crippen molar-refractivity contribution in [3.05, 3.63) is 29.8 Å². The third-order valence-corrected chi connectivity index (χ3v) is 3.32. The first-order valence-corrected chi connectivity index (χ1v) is 6.92. The van der Waals surface area contributed by atoms with Gasteiger partial charge in [-0.25, -0.2) is 0 Å². The summed E-state index contributed by atoms with van der Waals surface area (Å²) in [7, 11) is 1.67. The van der Waals surface area contributed by atoms with Crippen LogP contribution in [0.3, 0.4) is 0 Å². The fourth-order valence-corrected chi connectivity index (χ4v) is 2.21. The second kappa shape index (κ2) is 7.58. The zero-order valence-electron chi connectivity index (χ0n) is 9.98. The van der Waals surface area contributed by atoms with Crippen LogP contribution in [0.25, 0.3) is 0 Å². The number of ether oxygens (including phenoxy) is 1. The summed E-state index contributed by atoms with van der Waals surface area (Å²) in [4.78, 5) is 0. The molecule has 0 aliphatic rings. The minimum Gasteiger partial charge on any atom is -0.497 e. The minimum absolute atomic E-state index is 0.270. The molecular weight excluding hydrogens is 220 g/mol. The van der Waals surface area contributed by atoms with Gasteiger partial charge in [0.2, 0.25) is 0 Å². The standard InChI is InChI=1S/C13H20O2S/c1-15-13-5-3-11(4-6-13)9-12(10-14)7-8-16-2/h3-6,12,14H,7-10H2,1-2H3. The quantitative estimate of drug-likeness (QED) is 0.794. The van der Waals surface area contributed by atoms with Crippen LogP contribution >= 0.6 is 11.8 Å². The smallest absolute Gasteiger partial charge is 0.118 e. The van der Waals surface area contributed by atoms with Crippen molar-refractivity contribution in [1.29, 1.82) is 0 Å². The van der Waals surface area contributed by atoms with Crippen molar-refractivity contribution < 1.29 is 9.84 Å². The van der Waals surface area contributed by atoms with E-state index in [9.17, 15) is 5.11 Å². The summed E-state index contributed by atoms with van der Waals surface area (Å²) in [5.74, 6) is 2.37. The van der Waals surface area contributed by atoms with E-state index in [0.29, 0.717) is 5.92 Å². The summed E-state index contributed by atoms with van der Waals surface area (Å²) in [6.45, 7) is 0.270. The summed E-state index contributed by atoms with van der Waals surface area (Å²) in [5, 5.41) is 9.28. The molecule has 1 atom stereocenters. The molecule has 0 aliphatic heterocycles. The molecule has 0 bridgehead atoms. The summed E-state index contributed by atoms with van der Waals surface area (Å²) in [5.41, 5.74) is 1.26. The second-order valence-electron chi connectivity index (χ2n) is 3.88. The van der Waals surface area contributed by atoms with Crippen LogP contribution < -0.4 is 4.74 Å². The lowest BCUT2D eigenvalue weighted by Gasteiger charge is -2.13. The average Bonchev–Trinajstić information content (AvgIpc) is 2.35. The molecule has 1 N–H and O–H groups in total. The highest BCUT2D eigenvalue weighted by atomic mass is 32.2. The van der Waals surface area contributed by atoms with Gasteiger partial charge in [0.05, 0.1) is 7.11 Å². The summed E-state index contributed by atoms with van der Waals surface area (Å²) >= 11 is 1.83. The number of benzene rings is 1. The number of thioether (sulfide) groups is 1. The molecule has 0 amide bonds. The zero-order chi connectivity index (χ0) is 11.8. The van der Waals surface area contributed by atoms with E-state index in [1.807, 2.05) is 23.9 Å². The van der Waals surface area contributed by atoms with Crippen LogP contribution in [-0.2, 0) is 6.42 Å². The third kappa shape index (κ3) is 4.45. The highest BCUT2D eigenvalue weighted by molar-refractivity contribution is 7.98. The van der Waals surface area contributed by atoms with E-state index in [-0.39, 0.29) is 6.61 Å². The van der Waals surface area contributed by atoms with Gasteiger partial charge in [-0.3, -0.25) is 0 Å². The molecule has 0 saturated heterocycles. The maximum atomic E-state index is 9.28. The van der Waals surface area contributed by atoms with Crippen LogP contribution in [0.4, 0.5) is 0 Å². The predicted octanol–water partition coefficient (Wildman–Crippen LogP) is 2.60. The van der Waals surface area contributed by atoms with Gasteiger partial charge in [0.25, 0.3) is 0 Å². The highest BCUT2D eigenvalue weighted by Gasteiger charge is 2.08. The SMILES string of the molecule is COc1ccc(CC(CO)CCSC)cc1. The van der Waals surface area contributed by atoms with Crippen LogP contribution in [0.2, 0.25) is 0 Å². The van der Waals surface area contributed by atoms with Gasteiger partial charge < -0.3 is 9.84 Å². The fourth-order valence-electron chi connectivity index (χ4n) is 1.64. The monoisotopic (exact) mass is 240 g/mol. The first-order chi connectivity index (χ1) is 7.80. The van der Waals surface area contributed by atoms with Crippen molar-refractivity contribution in [2.24, 2.45) is 5.92 Å². The van der Waals surface area contributed by atoms with Crippen LogP contribution in [0, 0.1) is 5.92 Å². The van der Waals surface area contributed by atoms with Gasteiger partial charge in [-0.1, -0.05) is 12.1 Å². The van der Waals surface area contributed by atoms with Crippen molar-refractivity contribution >= 4 is 11.8 Å². The van der Waals surface area contributed by atoms with E-state index in [2.05, 4.69) is 18.4 Å². The van der Waals surface area contributed by atoms with E-state index in [4.69, 9.17) is 4.74 Å². The molecule has 0 heterocycles. The number of hydrogen-bond donors (Lipinski definition) is 1. The van der Waals surface area contributed by atoms with Crippen molar-refractivity contribution in [3.63, 3.8) is 0 Å². The molecule has 3 heteroatoms. The molecular formula is C13H20O2S. The van der Waals surface area contributed by atoms with E-state index in [1.165, 1.54) is 5.56 Å². The molecule has 0 aromatic heterocycles. The lowest BCUT2D eigenvalue weighted by atomic mass is 9.98. The molecule has 1 rings (SSSR count). The fraction of sp³-hybridized carbons (Fsp3) is 0.538. The van der Waals surface area contributed by atoms with Gasteiger partial charge in [-0.15, -0.1) is 0 Å². The number of aliphatic hydroxyl groups is 1. The topological polar surface area (TPSA) is 29.5 Å². The molecule has 16 heavy (non-hydrogen) atoms. The van der Waals surface area contributed by atoms with Crippen LogP contribution in [0.1, 0.15) is 12.0 Å². The molecule has 1 aromatic rings. The number of hydrogen-bond acceptors (Lipinski definition) is 3. The molecule has 0 spiro atoms. The first kappa shape index (κ1) is 13.4. The Balaban J connectivity index is 2.49. The van der Waals surface area contributed by atoms with Crippen LogP contribution in [0.5, 0.6) is 5.75 Å². The largest absolute Gasteiger partial charge is 0.497 e. The Kier molecular flexibility index (Phi) is 6.34. The van der Waals surface area contributed by atoms with E-state index >= 15 is 0 Å². The molecule has 0 saturated carbocycles. The van der Waals surface area contributed by atoms with Gasteiger partial charge in [-0.2, -0.15) is 11.8 Å². The lowest BCUT2D eigenvalue weighted by molar-refractivity contribution is 0.223. The van der Waals surface area contributed by atoms with Crippen molar-refractivity contribution in [2.45, 2.75) is 12.8 Å². The predicted molar refractivity (Wildman–Crippen MR) is 70.3 cm³/mol. The molecule has 1 unspecified atom stereocenters. The number of aliphatic hydroxyl groups excluding tert-OH is 1. The average molecular weight is 240 g/mol. The summed E-state index contributed by atoms with van der Waals surface area (Å²) in [6, 6.07) is 8.08. The Morgan fingerprint density at radius 2 is 2.00 bits per heavy atom. The molecule has 0 fully saturated rings. The van der Waals surface area contributed by atoms with Crippen molar-refractivity contribution in [2.75, 3.05) is 25.7 Å². The van der Waals surface area contributed by atoms with Gasteiger partial charge in [-0.05, 0) is 48.5 Å². The molecule has 1 aromatic carbocycles. The minimum atomic E-state index is 0.270. The maximum absolute atomic E-state index is 9.28. The zero-order valence-corrected chi connectivity index (χ0v) is 10.8. The molecule has 90 valence electrons. The van der Waals surface area contributed by atoms with Crippen LogP contribution in [0.15, 0.2) is 24.3 Å². The summed E-state index contributed by atoms with van der Waals surface area (Å²) in [6.07, 6.45) is 4.12. The maximum Gasteiger partial charge on any atom is 0.118 e. The number of methoxy groups -OCH3 is 1. The van der Waals surface area contributed by atoms with E-state index in [1.54, 1.807) is 7.11 Å². The van der Waals surface area contributed by atoms with E-state index in [0.717, 1.165) is 24.3 Å². The van der Waals surface area contributed by atoms with E-state index < -0.39 is 0 Å². The Labute approximate surface area is 102 Å². The molecule has 0 radical (unpaired) electrons. The van der Waals surface area contributed by atoms with Crippen molar-refractivity contribution in [3.8, 4) is 5.75 Å². The molecule has 2 nitrogen and oxygen atoms in total.